The average Bonchev–Trinajstić information content (AvgIpc) is 2.94. The van der Waals surface area contributed by atoms with Gasteiger partial charge in [0, 0.05) is 4.90 Å². The second-order valence-corrected chi connectivity index (χ2v) is 12.1. The lowest BCUT2D eigenvalue weighted by molar-refractivity contribution is 1.05. The van der Waals surface area contributed by atoms with Crippen molar-refractivity contribution in [2.24, 2.45) is 0 Å². The summed E-state index contributed by atoms with van der Waals surface area (Å²) in [5.74, 6) is 0. The number of rotatable bonds is 2. The fourth-order valence-electron chi connectivity index (χ4n) is 2.37. The first kappa shape index (κ1) is 11.4. The molecule has 0 N–H and O–H groups in total. The predicted octanol–water partition coefficient (Wildman–Crippen LogP) is 4.27. The molecule has 0 aromatic heterocycles. The van der Waals surface area contributed by atoms with E-state index in [1.807, 2.05) is 0 Å². The highest BCUT2D eigenvalue weighted by Crippen LogP contribution is 3.00. The molecule has 0 saturated carbocycles. The standard InChI is InChI=1S/C15H16P2/c1-15(2)16(13-9-5-3-6-10-13)17(15)14-11-7-4-8-12-14/h3-12H,1-2H3. The van der Waals surface area contributed by atoms with Crippen molar-refractivity contribution in [3.05, 3.63) is 60.7 Å². The second kappa shape index (κ2) is 4.20. The molecule has 0 bridgehead atoms. The third-order valence-corrected chi connectivity index (χ3v) is 13.1. The highest BCUT2D eigenvalue weighted by Gasteiger charge is 2.58. The molecule has 2 heteroatoms. The Morgan fingerprint density at radius 2 is 1.00 bits per heavy atom. The quantitative estimate of drug-likeness (QED) is 0.706. The van der Waals surface area contributed by atoms with Gasteiger partial charge < -0.3 is 0 Å². The van der Waals surface area contributed by atoms with Crippen LogP contribution in [-0.2, 0) is 0 Å². The van der Waals surface area contributed by atoms with Gasteiger partial charge in [-0.3, -0.25) is 0 Å². The highest BCUT2D eigenvalue weighted by atomic mass is 32.1. The van der Waals surface area contributed by atoms with E-state index in [0.717, 1.165) is 0 Å². The van der Waals surface area contributed by atoms with Crippen molar-refractivity contribution in [1.29, 1.82) is 0 Å². The van der Waals surface area contributed by atoms with Crippen molar-refractivity contribution in [3.8, 4) is 0 Å². The van der Waals surface area contributed by atoms with E-state index in [1.54, 1.807) is 10.6 Å². The zero-order chi connectivity index (χ0) is 11.9. The zero-order valence-electron chi connectivity index (χ0n) is 10.2. The first-order valence-corrected chi connectivity index (χ1v) is 9.30. The van der Waals surface area contributed by atoms with Crippen molar-refractivity contribution in [1.82, 2.24) is 0 Å². The van der Waals surface area contributed by atoms with E-state index in [0.29, 0.717) is 4.90 Å². The first-order chi connectivity index (χ1) is 8.21. The molecular formula is C15H16P2. The number of hydrogen-bond donors (Lipinski definition) is 0. The van der Waals surface area contributed by atoms with Gasteiger partial charge in [0.2, 0.25) is 0 Å². The minimum atomic E-state index is 0.0363. The van der Waals surface area contributed by atoms with Crippen LogP contribution in [0, 0.1) is 0 Å². The van der Waals surface area contributed by atoms with Crippen LogP contribution in [-0.4, -0.2) is 4.90 Å². The van der Waals surface area contributed by atoms with Gasteiger partial charge in [-0.05, 0) is 25.8 Å². The maximum absolute atomic E-state index is 2.43. The summed E-state index contributed by atoms with van der Waals surface area (Å²) < 4.78 is 0. The fourth-order valence-corrected chi connectivity index (χ4v) is 11.6. The molecule has 1 saturated heterocycles. The maximum Gasteiger partial charge on any atom is 0.0214 e. The highest BCUT2D eigenvalue weighted by molar-refractivity contribution is 8.52. The molecule has 1 heterocycles. The topological polar surface area (TPSA) is 0 Å². The van der Waals surface area contributed by atoms with Gasteiger partial charge in [0.1, 0.15) is 0 Å². The van der Waals surface area contributed by atoms with E-state index < -0.39 is 0 Å². The van der Waals surface area contributed by atoms with Gasteiger partial charge in [0.25, 0.3) is 0 Å². The van der Waals surface area contributed by atoms with E-state index >= 15 is 0 Å². The molecule has 2 unspecified atom stereocenters. The molecule has 0 aliphatic carbocycles. The Hall–Kier alpha value is -0.700. The lowest BCUT2D eigenvalue weighted by Crippen LogP contribution is -1.99. The van der Waals surface area contributed by atoms with Gasteiger partial charge in [0.15, 0.2) is 0 Å². The van der Waals surface area contributed by atoms with Crippen molar-refractivity contribution >= 4 is 25.8 Å². The van der Waals surface area contributed by atoms with E-state index in [2.05, 4.69) is 74.5 Å². The van der Waals surface area contributed by atoms with Crippen LogP contribution in [0.5, 0.6) is 0 Å². The van der Waals surface area contributed by atoms with Crippen molar-refractivity contribution in [3.63, 3.8) is 0 Å². The number of benzene rings is 2. The molecule has 17 heavy (non-hydrogen) atoms. The summed E-state index contributed by atoms with van der Waals surface area (Å²) in [7, 11) is 0.0725. The van der Waals surface area contributed by atoms with Crippen molar-refractivity contribution < 1.29 is 0 Å². The van der Waals surface area contributed by atoms with Crippen LogP contribution in [0.15, 0.2) is 60.7 Å². The Balaban J connectivity index is 1.95. The Morgan fingerprint density at radius 1 is 0.647 bits per heavy atom. The minimum Gasteiger partial charge on any atom is -0.0622 e. The summed E-state index contributed by atoms with van der Waals surface area (Å²) in [5.41, 5.74) is 0. The molecule has 0 amide bonds. The van der Waals surface area contributed by atoms with Crippen LogP contribution < -0.4 is 10.6 Å². The lowest BCUT2D eigenvalue weighted by Gasteiger charge is -2.00. The van der Waals surface area contributed by atoms with Crippen LogP contribution in [0.2, 0.25) is 0 Å². The van der Waals surface area contributed by atoms with E-state index in [4.69, 9.17) is 0 Å². The summed E-state index contributed by atoms with van der Waals surface area (Å²) in [6.07, 6.45) is 0. The van der Waals surface area contributed by atoms with Gasteiger partial charge in [-0.25, -0.2) is 0 Å². The Kier molecular flexibility index (Phi) is 2.81. The molecule has 86 valence electrons. The summed E-state index contributed by atoms with van der Waals surface area (Å²) in [4.78, 5) is 0.521. The van der Waals surface area contributed by atoms with E-state index in [-0.39, 0.29) is 15.2 Å². The van der Waals surface area contributed by atoms with Crippen LogP contribution in [0.4, 0.5) is 0 Å². The van der Waals surface area contributed by atoms with E-state index in [1.165, 1.54) is 0 Å². The lowest BCUT2D eigenvalue weighted by atomic mass is 10.4. The van der Waals surface area contributed by atoms with Crippen LogP contribution in [0.3, 0.4) is 0 Å². The molecule has 0 radical (unpaired) electrons. The molecular weight excluding hydrogens is 242 g/mol. The monoisotopic (exact) mass is 258 g/mol. The van der Waals surface area contributed by atoms with Crippen LogP contribution in [0.25, 0.3) is 0 Å². The van der Waals surface area contributed by atoms with Gasteiger partial charge in [-0.2, -0.15) is 0 Å². The minimum absolute atomic E-state index is 0.0363. The molecule has 0 nitrogen and oxygen atoms in total. The van der Waals surface area contributed by atoms with Gasteiger partial charge >= 0.3 is 0 Å². The normalized spacial score (nSPS) is 25.5. The van der Waals surface area contributed by atoms with Crippen molar-refractivity contribution in [2.75, 3.05) is 0 Å². The molecule has 1 fully saturated rings. The molecule has 1 aliphatic heterocycles. The SMILES string of the molecule is CC1(C)P(c2ccccc2)P1c1ccccc1. The third kappa shape index (κ3) is 1.95. The molecule has 2 atom stereocenters. The predicted molar refractivity (Wildman–Crippen MR) is 80.1 cm³/mol. The van der Waals surface area contributed by atoms with E-state index in [9.17, 15) is 0 Å². The summed E-state index contributed by atoms with van der Waals surface area (Å²) in [5, 5.41) is 3.14. The van der Waals surface area contributed by atoms with Gasteiger partial charge in [-0.1, -0.05) is 74.5 Å². The Labute approximate surface area is 105 Å². The maximum atomic E-state index is 2.43. The van der Waals surface area contributed by atoms with Gasteiger partial charge in [-0.15, -0.1) is 0 Å². The summed E-state index contributed by atoms with van der Waals surface area (Å²) in [6, 6.07) is 22.1. The molecule has 1 aliphatic rings. The second-order valence-electron chi connectivity index (χ2n) is 4.79. The first-order valence-electron chi connectivity index (χ1n) is 5.92. The van der Waals surface area contributed by atoms with Crippen molar-refractivity contribution in [2.45, 2.75) is 18.7 Å². The Bertz CT molecular complexity index is 457. The largest absolute Gasteiger partial charge is 0.0622 e. The summed E-state index contributed by atoms with van der Waals surface area (Å²) in [6.45, 7) is 4.87. The molecule has 2 aromatic rings. The number of hydrogen-bond acceptors (Lipinski definition) is 0. The zero-order valence-corrected chi connectivity index (χ0v) is 12.0. The fraction of sp³-hybridized carbons (Fsp3) is 0.200. The Morgan fingerprint density at radius 3 is 1.35 bits per heavy atom. The smallest absolute Gasteiger partial charge is 0.0214 e. The van der Waals surface area contributed by atoms with Crippen LogP contribution >= 0.6 is 15.2 Å². The summed E-state index contributed by atoms with van der Waals surface area (Å²) >= 11 is 0. The molecule has 3 rings (SSSR count). The molecule has 2 aromatic carbocycles. The molecule has 0 spiro atoms. The van der Waals surface area contributed by atoms with Crippen LogP contribution in [0.1, 0.15) is 13.8 Å². The van der Waals surface area contributed by atoms with Gasteiger partial charge in [0.05, 0.1) is 0 Å². The average molecular weight is 258 g/mol. The third-order valence-electron chi connectivity index (χ3n) is 3.20.